The molecular weight excluding hydrogens is 599 g/mol. The largest absolute Gasteiger partial charge is 0.456 e. The van der Waals surface area contributed by atoms with Crippen LogP contribution >= 0.6 is 0 Å². The summed E-state index contributed by atoms with van der Waals surface area (Å²) in [5.74, 6) is 0. The zero-order valence-corrected chi connectivity index (χ0v) is 26.6. The number of rotatable bonds is 3. The Hall–Kier alpha value is -6.57. The van der Waals surface area contributed by atoms with Crippen molar-refractivity contribution in [1.29, 1.82) is 0 Å². The van der Waals surface area contributed by atoms with Crippen molar-refractivity contribution in [2.45, 2.75) is 13.1 Å². The lowest BCUT2D eigenvalue weighted by atomic mass is 9.92. The van der Waals surface area contributed by atoms with Gasteiger partial charge >= 0.3 is 0 Å². The Bertz CT molecular complexity index is 2800. The van der Waals surface area contributed by atoms with Crippen LogP contribution in [0.25, 0.3) is 76.5 Å². The Labute approximate surface area is 283 Å². The maximum atomic E-state index is 7.61. The number of hydrogen-bond donors (Lipinski definition) is 0. The highest BCUT2D eigenvalue weighted by Crippen LogP contribution is 2.41. The van der Waals surface area contributed by atoms with Gasteiger partial charge in [0.1, 0.15) is 11.2 Å². The van der Waals surface area contributed by atoms with E-state index in [4.69, 9.17) is 11.0 Å². The number of para-hydroxylation sites is 3. The molecule has 0 saturated carbocycles. The molecule has 4 nitrogen and oxygen atoms in total. The molecule has 10 rings (SSSR count). The molecule has 2 aromatic heterocycles. The molecule has 0 atom stereocenters. The quantitative estimate of drug-likeness (QED) is 0.182. The van der Waals surface area contributed by atoms with E-state index in [9.17, 15) is 0 Å². The molecule has 0 spiro atoms. The van der Waals surface area contributed by atoms with Crippen LogP contribution in [0.2, 0.25) is 0 Å². The maximum absolute atomic E-state index is 7.61. The molecule has 230 valence electrons. The molecule has 0 fully saturated rings. The van der Waals surface area contributed by atoms with Crippen molar-refractivity contribution in [3.8, 4) is 27.9 Å². The van der Waals surface area contributed by atoms with Crippen molar-refractivity contribution >= 4 is 55.1 Å². The van der Waals surface area contributed by atoms with E-state index in [-0.39, 0.29) is 0 Å². The standard InChI is InChI=1S/C45H29N3O/c1-46-33-18-22-43-41(25-33)37-11-5-7-13-42(37)48(43)35-19-15-31-27-47(34-9-3-2-4-10-34)28-32-23-29(16-20-36(32)40(31)26-35)30-17-21-39-38-12-6-8-14-44(38)49-45(39)24-30/h2-26H,27-28H2. The average Bonchev–Trinajstić information content (AvgIpc) is 3.64. The molecule has 0 radical (unpaired) electrons. The van der Waals surface area contributed by atoms with Gasteiger partial charge in [0.25, 0.3) is 0 Å². The Morgan fingerprint density at radius 1 is 0.490 bits per heavy atom. The molecule has 0 aliphatic carbocycles. The first-order chi connectivity index (χ1) is 24.2. The zero-order chi connectivity index (χ0) is 32.5. The van der Waals surface area contributed by atoms with Gasteiger partial charge in [0.05, 0.1) is 17.6 Å². The van der Waals surface area contributed by atoms with Crippen molar-refractivity contribution in [3.63, 3.8) is 0 Å². The summed E-state index contributed by atoms with van der Waals surface area (Å²) >= 11 is 0. The summed E-state index contributed by atoms with van der Waals surface area (Å²) in [6.07, 6.45) is 0. The van der Waals surface area contributed by atoms with E-state index in [0.717, 1.165) is 68.1 Å². The van der Waals surface area contributed by atoms with Crippen LogP contribution < -0.4 is 4.90 Å². The van der Waals surface area contributed by atoms with E-state index in [1.807, 2.05) is 24.3 Å². The van der Waals surface area contributed by atoms with Crippen LogP contribution in [0.1, 0.15) is 11.1 Å². The Kier molecular flexibility index (Phi) is 6.03. The van der Waals surface area contributed by atoms with Gasteiger partial charge in [-0.3, -0.25) is 0 Å². The first-order valence-electron chi connectivity index (χ1n) is 16.6. The first kappa shape index (κ1) is 27.5. The van der Waals surface area contributed by atoms with E-state index in [1.165, 1.54) is 33.5 Å². The molecule has 1 aliphatic rings. The van der Waals surface area contributed by atoms with Crippen LogP contribution in [0.5, 0.6) is 0 Å². The second-order valence-electron chi connectivity index (χ2n) is 12.9. The highest BCUT2D eigenvalue weighted by molar-refractivity contribution is 6.10. The number of benzene rings is 7. The predicted octanol–water partition coefficient (Wildman–Crippen LogP) is 12.1. The smallest absolute Gasteiger partial charge is 0.188 e. The van der Waals surface area contributed by atoms with Crippen molar-refractivity contribution < 1.29 is 4.42 Å². The fourth-order valence-corrected chi connectivity index (χ4v) is 7.76. The van der Waals surface area contributed by atoms with Crippen LogP contribution in [0, 0.1) is 6.57 Å². The minimum Gasteiger partial charge on any atom is -0.456 e. The maximum Gasteiger partial charge on any atom is 0.188 e. The van der Waals surface area contributed by atoms with E-state index < -0.39 is 0 Å². The summed E-state index contributed by atoms with van der Waals surface area (Å²) in [7, 11) is 0. The van der Waals surface area contributed by atoms with Gasteiger partial charge in [-0.2, -0.15) is 0 Å². The number of furan rings is 1. The molecule has 4 heteroatoms. The molecule has 1 aliphatic heterocycles. The van der Waals surface area contributed by atoms with Crippen LogP contribution in [0.4, 0.5) is 11.4 Å². The van der Waals surface area contributed by atoms with Gasteiger partial charge in [0, 0.05) is 40.6 Å². The van der Waals surface area contributed by atoms with Crippen molar-refractivity contribution in [3.05, 3.63) is 174 Å². The summed E-state index contributed by atoms with van der Waals surface area (Å²) in [5.41, 5.74) is 14.4. The topological polar surface area (TPSA) is 25.7 Å². The van der Waals surface area contributed by atoms with Gasteiger partial charge in [-0.15, -0.1) is 0 Å². The van der Waals surface area contributed by atoms with Gasteiger partial charge < -0.3 is 13.9 Å². The second-order valence-corrected chi connectivity index (χ2v) is 12.9. The SMILES string of the molecule is [C-]#[N+]c1ccc2c(c1)c1ccccc1n2-c1ccc2c(c1)-c1ccc(-c3ccc4c(c3)oc3ccccc34)cc1CN(c1ccccc1)C2. The molecule has 0 saturated heterocycles. The highest BCUT2D eigenvalue weighted by atomic mass is 16.3. The number of anilines is 1. The third-order valence-corrected chi connectivity index (χ3v) is 10.1. The fourth-order valence-electron chi connectivity index (χ4n) is 7.76. The lowest BCUT2D eigenvalue weighted by Gasteiger charge is -2.24. The lowest BCUT2D eigenvalue weighted by Crippen LogP contribution is -2.20. The van der Waals surface area contributed by atoms with Crippen molar-refractivity contribution in [1.82, 2.24) is 4.57 Å². The van der Waals surface area contributed by atoms with Gasteiger partial charge in [-0.1, -0.05) is 84.9 Å². The monoisotopic (exact) mass is 627 g/mol. The number of aromatic nitrogens is 1. The molecule has 0 unspecified atom stereocenters. The minimum absolute atomic E-state index is 0.655. The summed E-state index contributed by atoms with van der Waals surface area (Å²) in [5, 5.41) is 4.54. The average molecular weight is 628 g/mol. The summed E-state index contributed by atoms with van der Waals surface area (Å²) in [6.45, 7) is 9.20. The van der Waals surface area contributed by atoms with Crippen LogP contribution in [0.3, 0.4) is 0 Å². The van der Waals surface area contributed by atoms with Gasteiger partial charge in [-0.05, 0) is 105 Å². The van der Waals surface area contributed by atoms with E-state index in [0.29, 0.717) is 5.69 Å². The highest BCUT2D eigenvalue weighted by Gasteiger charge is 2.22. The van der Waals surface area contributed by atoms with Crippen LogP contribution in [-0.2, 0) is 13.1 Å². The Morgan fingerprint density at radius 2 is 1.22 bits per heavy atom. The Balaban J connectivity index is 1.15. The molecule has 0 amide bonds. The number of hydrogen-bond acceptors (Lipinski definition) is 2. The van der Waals surface area contributed by atoms with E-state index >= 15 is 0 Å². The third-order valence-electron chi connectivity index (χ3n) is 10.1. The van der Waals surface area contributed by atoms with E-state index in [2.05, 4.69) is 142 Å². The van der Waals surface area contributed by atoms with Crippen molar-refractivity contribution in [2.24, 2.45) is 0 Å². The third kappa shape index (κ3) is 4.37. The zero-order valence-electron chi connectivity index (χ0n) is 26.6. The predicted molar refractivity (Wildman–Crippen MR) is 202 cm³/mol. The molecule has 49 heavy (non-hydrogen) atoms. The summed E-state index contributed by atoms with van der Waals surface area (Å²) in [6, 6.07) is 53.9. The molecule has 0 bridgehead atoms. The van der Waals surface area contributed by atoms with Gasteiger partial charge in [-0.25, -0.2) is 4.85 Å². The molecular formula is C45H29N3O. The van der Waals surface area contributed by atoms with Crippen LogP contribution in [0.15, 0.2) is 156 Å². The lowest BCUT2D eigenvalue weighted by molar-refractivity contribution is 0.669. The second kappa shape index (κ2) is 10.7. The number of fused-ring (bicyclic) bond motifs is 9. The summed E-state index contributed by atoms with van der Waals surface area (Å²) < 4.78 is 8.61. The van der Waals surface area contributed by atoms with E-state index in [1.54, 1.807) is 0 Å². The molecule has 0 N–H and O–H groups in total. The summed E-state index contributed by atoms with van der Waals surface area (Å²) in [4.78, 5) is 6.19. The Morgan fingerprint density at radius 3 is 2.12 bits per heavy atom. The minimum atomic E-state index is 0.655. The first-order valence-corrected chi connectivity index (χ1v) is 16.6. The number of nitrogens with zero attached hydrogens (tertiary/aromatic N) is 3. The fraction of sp³-hybridized carbons (Fsp3) is 0.0444. The normalized spacial score (nSPS) is 12.7. The van der Waals surface area contributed by atoms with Crippen molar-refractivity contribution in [2.75, 3.05) is 4.90 Å². The molecule has 3 heterocycles. The molecule has 7 aromatic carbocycles. The molecule has 9 aromatic rings. The van der Waals surface area contributed by atoms with Gasteiger partial charge in [0.15, 0.2) is 5.69 Å². The van der Waals surface area contributed by atoms with Gasteiger partial charge in [0.2, 0.25) is 0 Å². The van der Waals surface area contributed by atoms with Crippen LogP contribution in [-0.4, -0.2) is 4.57 Å².